The summed E-state index contributed by atoms with van der Waals surface area (Å²) in [5, 5.41) is 0. The Kier molecular flexibility index (Phi) is 14.1. The number of amides is 4. The SMILES string of the molecule is CCC(=O)N[Si](NC(=O)CC)(NC(=O)CC)NC(=O)CC.C[Si](Cl)(Cl)Cl. The number of halogens is 3. The highest BCUT2D eigenvalue weighted by Gasteiger charge is 2.43. The van der Waals surface area contributed by atoms with Crippen molar-refractivity contribution < 1.29 is 19.2 Å². The minimum Gasteiger partial charge on any atom is -0.331 e. The molecule has 0 bridgehead atoms. The molecule has 0 radical (unpaired) electrons. The van der Waals surface area contributed by atoms with Crippen LogP contribution >= 0.6 is 33.2 Å². The van der Waals surface area contributed by atoms with E-state index in [2.05, 4.69) is 19.9 Å². The molecule has 0 saturated carbocycles. The lowest BCUT2D eigenvalue weighted by Crippen LogP contribution is -2.84. The van der Waals surface area contributed by atoms with Crippen LogP contribution in [-0.2, 0) is 19.2 Å². The molecule has 152 valence electrons. The molecule has 0 aliphatic carbocycles. The highest BCUT2D eigenvalue weighted by molar-refractivity contribution is 7.64. The van der Waals surface area contributed by atoms with Crippen LogP contribution in [0.2, 0.25) is 6.55 Å². The lowest BCUT2D eigenvalue weighted by molar-refractivity contribution is -0.120. The topological polar surface area (TPSA) is 116 Å². The van der Waals surface area contributed by atoms with Crippen molar-refractivity contribution in [2.45, 2.75) is 59.9 Å². The first-order chi connectivity index (χ1) is 11.8. The van der Waals surface area contributed by atoms with Gasteiger partial charge >= 0.3 is 14.7 Å². The molecule has 26 heavy (non-hydrogen) atoms. The highest BCUT2D eigenvalue weighted by Crippen LogP contribution is 2.17. The van der Waals surface area contributed by atoms with Gasteiger partial charge in [-0.15, -0.1) is 33.2 Å². The van der Waals surface area contributed by atoms with Crippen LogP contribution in [0.4, 0.5) is 0 Å². The molecule has 0 saturated heterocycles. The molecule has 0 unspecified atom stereocenters. The van der Waals surface area contributed by atoms with Gasteiger partial charge in [-0.25, -0.2) is 0 Å². The second-order valence-corrected chi connectivity index (χ2v) is 17.7. The molecule has 0 heterocycles. The van der Waals surface area contributed by atoms with Crippen molar-refractivity contribution in [3.8, 4) is 0 Å². The van der Waals surface area contributed by atoms with Crippen LogP contribution in [0.25, 0.3) is 0 Å². The number of nitrogens with one attached hydrogen (secondary N) is 4. The van der Waals surface area contributed by atoms with Crippen molar-refractivity contribution in [1.82, 2.24) is 19.9 Å². The normalized spacial score (nSPS) is 10.8. The maximum absolute atomic E-state index is 11.7. The van der Waals surface area contributed by atoms with Crippen molar-refractivity contribution >= 4 is 71.6 Å². The van der Waals surface area contributed by atoms with Crippen LogP contribution in [0.15, 0.2) is 0 Å². The van der Waals surface area contributed by atoms with Crippen LogP contribution in [0, 0.1) is 0 Å². The Bertz CT molecular complexity index is 421. The predicted octanol–water partition coefficient (Wildman–Crippen LogP) is 1.80. The van der Waals surface area contributed by atoms with E-state index in [0.717, 1.165) is 0 Å². The lowest BCUT2D eigenvalue weighted by Gasteiger charge is -2.32. The molecule has 0 rings (SSSR count). The molecule has 0 aromatic heterocycles. The average molecular weight is 466 g/mol. The monoisotopic (exact) mass is 464 g/mol. The third-order valence-corrected chi connectivity index (χ3v) is 5.21. The Hall–Kier alpha value is -0.816. The Morgan fingerprint density at radius 2 is 0.769 bits per heavy atom. The molecule has 0 atom stereocenters. The van der Waals surface area contributed by atoms with Crippen molar-refractivity contribution in [2.24, 2.45) is 0 Å². The van der Waals surface area contributed by atoms with Gasteiger partial charge in [0, 0.05) is 25.7 Å². The third kappa shape index (κ3) is 15.4. The fourth-order valence-electron chi connectivity index (χ4n) is 1.38. The van der Waals surface area contributed by atoms with Gasteiger partial charge in [0.1, 0.15) is 0 Å². The van der Waals surface area contributed by atoms with Crippen molar-refractivity contribution in [1.29, 1.82) is 0 Å². The number of rotatable bonds is 8. The Morgan fingerprint density at radius 1 is 0.615 bits per heavy atom. The smallest absolute Gasteiger partial charge is 0.331 e. The van der Waals surface area contributed by atoms with Crippen LogP contribution in [0.1, 0.15) is 53.4 Å². The second kappa shape index (κ2) is 13.4. The first-order valence-corrected chi connectivity index (χ1v) is 15.7. The molecular weight excluding hydrogens is 439 g/mol. The number of carbonyl (C=O) groups excluding carboxylic acids is 4. The largest absolute Gasteiger partial charge is 0.501 e. The van der Waals surface area contributed by atoms with Gasteiger partial charge in [0.05, 0.1) is 0 Å². The Balaban J connectivity index is 0. The molecule has 0 aromatic carbocycles. The first kappa shape index (κ1) is 27.4. The molecule has 13 heteroatoms. The van der Waals surface area contributed by atoms with Gasteiger partial charge in [-0.1, -0.05) is 27.7 Å². The summed E-state index contributed by atoms with van der Waals surface area (Å²) in [4.78, 5) is 57.1. The summed E-state index contributed by atoms with van der Waals surface area (Å²) in [6.45, 7) is 8.18. The van der Waals surface area contributed by atoms with Gasteiger partial charge in [-0.05, 0) is 6.55 Å². The zero-order chi connectivity index (χ0) is 21.0. The van der Waals surface area contributed by atoms with Crippen LogP contribution in [-0.4, -0.2) is 38.4 Å². The van der Waals surface area contributed by atoms with Gasteiger partial charge in [-0.3, -0.25) is 19.2 Å². The minimum atomic E-state index is -3.53. The molecule has 0 aliphatic heterocycles. The average Bonchev–Trinajstić information content (AvgIpc) is 2.52. The number of hydrogen-bond donors (Lipinski definition) is 4. The minimum absolute atomic E-state index is 0.167. The highest BCUT2D eigenvalue weighted by atomic mass is 35.8. The molecule has 0 fully saturated rings. The molecular formula is C13H27Cl3N4O4Si2. The summed E-state index contributed by atoms with van der Waals surface area (Å²) in [6, 6.07) is -2.19. The maximum Gasteiger partial charge on any atom is 0.501 e. The zero-order valence-corrected chi connectivity index (χ0v) is 19.9. The van der Waals surface area contributed by atoms with E-state index in [1.165, 1.54) is 0 Å². The quantitative estimate of drug-likeness (QED) is 0.323. The summed E-state index contributed by atoms with van der Waals surface area (Å²) >= 11 is 15.6. The van der Waals surface area contributed by atoms with E-state index in [9.17, 15) is 19.2 Å². The third-order valence-electron chi connectivity index (χ3n) is 2.59. The Labute approximate surface area is 170 Å². The van der Waals surface area contributed by atoms with Crippen molar-refractivity contribution in [2.75, 3.05) is 0 Å². The lowest BCUT2D eigenvalue weighted by atomic mass is 10.5. The van der Waals surface area contributed by atoms with Crippen molar-refractivity contribution in [3.05, 3.63) is 0 Å². The van der Waals surface area contributed by atoms with E-state index in [1.54, 1.807) is 34.2 Å². The van der Waals surface area contributed by atoms with Crippen LogP contribution < -0.4 is 19.9 Å². The molecule has 0 aliphatic rings. The van der Waals surface area contributed by atoms with Gasteiger partial charge in [0.15, 0.2) is 0 Å². The predicted molar refractivity (Wildman–Crippen MR) is 109 cm³/mol. The summed E-state index contributed by atoms with van der Waals surface area (Å²) in [5.41, 5.74) is 0. The van der Waals surface area contributed by atoms with E-state index in [1.807, 2.05) is 0 Å². The van der Waals surface area contributed by atoms with Crippen LogP contribution in [0.3, 0.4) is 0 Å². The van der Waals surface area contributed by atoms with Crippen LogP contribution in [0.5, 0.6) is 0 Å². The van der Waals surface area contributed by atoms with E-state index in [-0.39, 0.29) is 49.3 Å². The molecule has 8 nitrogen and oxygen atoms in total. The summed E-state index contributed by atoms with van der Waals surface area (Å²) in [6.07, 6.45) is 0.670. The van der Waals surface area contributed by atoms with Gasteiger partial charge in [-0.2, -0.15) is 0 Å². The fraction of sp³-hybridized carbons (Fsp3) is 0.692. The molecule has 4 N–H and O–H groups in total. The van der Waals surface area contributed by atoms with Gasteiger partial charge < -0.3 is 19.9 Å². The second-order valence-electron chi connectivity index (χ2n) is 5.14. The summed E-state index contributed by atoms with van der Waals surface area (Å²) < 4.78 is 0. The number of carbonyl (C=O) groups is 4. The Morgan fingerprint density at radius 3 is 0.885 bits per heavy atom. The molecule has 4 amide bonds. The van der Waals surface area contributed by atoms with Crippen molar-refractivity contribution in [3.63, 3.8) is 0 Å². The van der Waals surface area contributed by atoms with E-state index in [0.29, 0.717) is 0 Å². The van der Waals surface area contributed by atoms with Gasteiger partial charge in [0.25, 0.3) is 0 Å². The molecule has 0 aromatic rings. The molecule has 0 spiro atoms. The van der Waals surface area contributed by atoms with E-state index in [4.69, 9.17) is 33.2 Å². The summed E-state index contributed by atoms with van der Waals surface area (Å²) in [7, 11) is -3.53. The first-order valence-electron chi connectivity index (χ1n) is 8.13. The number of hydrogen-bond acceptors (Lipinski definition) is 4. The standard InChI is InChI=1S/C12H24N4O4Si.CH3Cl3Si/c1-5-9(17)13-21(14-10(18)6-2,15-11(19)7-3)16-12(20)8-4;1-5(2,3)4/h5-8H2,1-4H3,(H,13,17)(H,14,18)(H,15,19)(H,16,20);1H3. The maximum atomic E-state index is 11.7. The summed E-state index contributed by atoms with van der Waals surface area (Å²) in [5.74, 6) is -1.48. The van der Waals surface area contributed by atoms with E-state index >= 15 is 0 Å². The van der Waals surface area contributed by atoms with Gasteiger partial charge in [0.2, 0.25) is 23.6 Å². The fourth-order valence-corrected chi connectivity index (χ4v) is 4.13. The van der Waals surface area contributed by atoms with E-state index < -0.39 is 14.7 Å². The zero-order valence-electron chi connectivity index (χ0n) is 15.6.